The van der Waals surface area contributed by atoms with Gasteiger partial charge in [0.15, 0.2) is 5.76 Å². The average molecular weight is 421 g/mol. The highest BCUT2D eigenvalue weighted by Crippen LogP contribution is 2.44. The minimum atomic E-state index is -0.0829. The van der Waals surface area contributed by atoms with Crippen LogP contribution in [0.4, 0.5) is 0 Å². The van der Waals surface area contributed by atoms with Gasteiger partial charge in [-0.1, -0.05) is 12.1 Å². The molecule has 2 aromatic carbocycles. The van der Waals surface area contributed by atoms with E-state index >= 15 is 0 Å². The highest BCUT2D eigenvalue weighted by atomic mass is 16.5. The summed E-state index contributed by atoms with van der Waals surface area (Å²) in [5.74, 6) is 2.50. The number of hydrogen-bond donors (Lipinski definition) is 0. The Kier molecular flexibility index (Phi) is 5.42. The molecule has 0 radical (unpaired) electrons. The fourth-order valence-corrected chi connectivity index (χ4v) is 4.45. The topological polar surface area (TPSA) is 57.2 Å². The van der Waals surface area contributed by atoms with Crippen LogP contribution in [-0.4, -0.2) is 43.3 Å². The number of rotatable bonds is 5. The van der Waals surface area contributed by atoms with Crippen LogP contribution in [0.15, 0.2) is 36.1 Å². The van der Waals surface area contributed by atoms with Crippen LogP contribution in [0.2, 0.25) is 0 Å². The van der Waals surface area contributed by atoms with Crippen LogP contribution in [0.5, 0.6) is 17.2 Å². The molecule has 1 fully saturated rings. The first-order chi connectivity index (χ1) is 15.1. The number of benzene rings is 2. The number of ketones is 1. The summed E-state index contributed by atoms with van der Waals surface area (Å²) in [4.78, 5) is 15.4. The van der Waals surface area contributed by atoms with Gasteiger partial charge in [0.1, 0.15) is 24.0 Å². The predicted octanol–water partition coefficient (Wildman–Crippen LogP) is 4.34. The van der Waals surface area contributed by atoms with Crippen LogP contribution in [0.3, 0.4) is 0 Å². The SMILES string of the molecule is CCOc1ccc(/C=C2\Oc3c4c(cc(C)c3C2=O)OCN(CC2CCCO2)C4)cc1. The van der Waals surface area contributed by atoms with E-state index in [-0.39, 0.29) is 11.9 Å². The molecule has 3 heterocycles. The van der Waals surface area contributed by atoms with Gasteiger partial charge in [0.05, 0.1) is 23.8 Å². The van der Waals surface area contributed by atoms with Gasteiger partial charge in [-0.2, -0.15) is 0 Å². The molecule has 6 nitrogen and oxygen atoms in total. The zero-order valence-corrected chi connectivity index (χ0v) is 18.0. The third-order valence-corrected chi connectivity index (χ3v) is 5.96. The zero-order chi connectivity index (χ0) is 21.4. The summed E-state index contributed by atoms with van der Waals surface area (Å²) in [6.45, 7) is 7.37. The van der Waals surface area contributed by atoms with Crippen molar-refractivity contribution >= 4 is 11.9 Å². The molecule has 5 rings (SSSR count). The molecule has 1 unspecified atom stereocenters. The summed E-state index contributed by atoms with van der Waals surface area (Å²) in [5.41, 5.74) is 3.34. The molecule has 0 N–H and O–H groups in total. The fraction of sp³-hybridized carbons (Fsp3) is 0.400. The Hall–Kier alpha value is -2.83. The quantitative estimate of drug-likeness (QED) is 0.670. The van der Waals surface area contributed by atoms with Crippen LogP contribution in [0, 0.1) is 6.92 Å². The van der Waals surface area contributed by atoms with E-state index in [2.05, 4.69) is 4.90 Å². The second-order valence-electron chi connectivity index (χ2n) is 8.24. The molecule has 3 aliphatic rings. The Balaban J connectivity index is 1.41. The summed E-state index contributed by atoms with van der Waals surface area (Å²) in [6, 6.07) is 9.59. The van der Waals surface area contributed by atoms with Gasteiger partial charge in [0.2, 0.25) is 5.78 Å². The number of ether oxygens (including phenoxy) is 4. The molecule has 1 saturated heterocycles. The minimum absolute atomic E-state index is 0.0829. The van der Waals surface area contributed by atoms with Crippen molar-refractivity contribution in [3.05, 3.63) is 58.3 Å². The van der Waals surface area contributed by atoms with E-state index in [0.717, 1.165) is 54.2 Å². The maximum Gasteiger partial charge on any atom is 0.232 e. The van der Waals surface area contributed by atoms with Crippen molar-refractivity contribution in [3.63, 3.8) is 0 Å². The van der Waals surface area contributed by atoms with Gasteiger partial charge in [-0.25, -0.2) is 0 Å². The van der Waals surface area contributed by atoms with Gasteiger partial charge >= 0.3 is 0 Å². The first kappa shape index (κ1) is 20.1. The largest absolute Gasteiger partial charge is 0.494 e. The van der Waals surface area contributed by atoms with E-state index in [1.54, 1.807) is 6.08 Å². The average Bonchev–Trinajstić information content (AvgIpc) is 3.39. The first-order valence-corrected chi connectivity index (χ1v) is 10.9. The van der Waals surface area contributed by atoms with Gasteiger partial charge in [0.25, 0.3) is 0 Å². The van der Waals surface area contributed by atoms with Crippen molar-refractivity contribution in [2.24, 2.45) is 0 Å². The third kappa shape index (κ3) is 3.93. The van der Waals surface area contributed by atoms with Crippen LogP contribution < -0.4 is 14.2 Å². The Labute approximate surface area is 182 Å². The number of carbonyl (C=O) groups is 1. The van der Waals surface area contributed by atoms with Crippen molar-refractivity contribution in [2.75, 3.05) is 26.5 Å². The fourth-order valence-electron chi connectivity index (χ4n) is 4.45. The van der Waals surface area contributed by atoms with Crippen molar-refractivity contribution in [1.29, 1.82) is 0 Å². The van der Waals surface area contributed by atoms with Gasteiger partial charge < -0.3 is 18.9 Å². The first-order valence-electron chi connectivity index (χ1n) is 10.9. The Morgan fingerprint density at radius 1 is 1.26 bits per heavy atom. The molecule has 162 valence electrons. The summed E-state index contributed by atoms with van der Waals surface area (Å²) in [7, 11) is 0. The predicted molar refractivity (Wildman–Crippen MR) is 117 cm³/mol. The van der Waals surface area contributed by atoms with E-state index in [1.807, 2.05) is 44.2 Å². The van der Waals surface area contributed by atoms with Crippen molar-refractivity contribution < 1.29 is 23.7 Å². The summed E-state index contributed by atoms with van der Waals surface area (Å²) in [5, 5.41) is 0. The maximum atomic E-state index is 13.1. The lowest BCUT2D eigenvalue weighted by molar-refractivity contribution is 0.0273. The molecule has 6 heteroatoms. The van der Waals surface area contributed by atoms with E-state index in [9.17, 15) is 4.79 Å². The number of hydrogen-bond acceptors (Lipinski definition) is 6. The van der Waals surface area contributed by atoms with E-state index in [0.29, 0.717) is 37.0 Å². The van der Waals surface area contributed by atoms with E-state index < -0.39 is 0 Å². The number of allylic oxidation sites excluding steroid dienone is 1. The van der Waals surface area contributed by atoms with E-state index in [4.69, 9.17) is 18.9 Å². The lowest BCUT2D eigenvalue weighted by atomic mass is 9.98. The second kappa shape index (κ2) is 8.36. The molecule has 1 atom stereocenters. The lowest BCUT2D eigenvalue weighted by Gasteiger charge is -2.31. The van der Waals surface area contributed by atoms with Gasteiger partial charge in [-0.15, -0.1) is 0 Å². The number of aryl methyl sites for hydroxylation is 1. The minimum Gasteiger partial charge on any atom is -0.494 e. The van der Waals surface area contributed by atoms with Crippen LogP contribution in [-0.2, 0) is 11.3 Å². The smallest absolute Gasteiger partial charge is 0.232 e. The Morgan fingerprint density at radius 3 is 2.84 bits per heavy atom. The number of nitrogens with zero attached hydrogens (tertiary/aromatic N) is 1. The molecular formula is C25H27NO5. The van der Waals surface area contributed by atoms with Crippen LogP contribution >= 0.6 is 0 Å². The number of fused-ring (bicyclic) bond motifs is 3. The zero-order valence-electron chi connectivity index (χ0n) is 18.0. The van der Waals surface area contributed by atoms with Crippen molar-refractivity contribution in [3.8, 4) is 17.2 Å². The molecule has 31 heavy (non-hydrogen) atoms. The van der Waals surface area contributed by atoms with Crippen molar-refractivity contribution in [1.82, 2.24) is 4.90 Å². The van der Waals surface area contributed by atoms with Gasteiger partial charge in [-0.05, 0) is 62.1 Å². The number of Topliss-reactive ketones (excluding diaryl/α,β-unsaturated/α-hetero) is 1. The van der Waals surface area contributed by atoms with Gasteiger partial charge in [-0.3, -0.25) is 9.69 Å². The highest BCUT2D eigenvalue weighted by Gasteiger charge is 2.36. The third-order valence-electron chi connectivity index (χ3n) is 5.96. The van der Waals surface area contributed by atoms with Gasteiger partial charge in [0, 0.05) is 19.7 Å². The molecule has 0 saturated carbocycles. The van der Waals surface area contributed by atoms with Crippen LogP contribution in [0.1, 0.15) is 46.8 Å². The Bertz CT molecular complexity index is 1020. The molecule has 0 bridgehead atoms. The molecule has 0 spiro atoms. The molecule has 0 aliphatic carbocycles. The standard InChI is InChI=1S/C25H27NO5/c1-3-28-18-8-6-17(7-9-18)12-22-24(27)23-16(2)11-21-20(25(23)31-22)14-26(15-30-21)13-19-5-4-10-29-19/h6-9,11-12,19H,3-5,10,13-15H2,1-2H3/b22-12-. The second-order valence-corrected chi connectivity index (χ2v) is 8.24. The Morgan fingerprint density at radius 2 is 2.10 bits per heavy atom. The number of carbonyl (C=O) groups excluding carboxylic acids is 1. The van der Waals surface area contributed by atoms with Crippen LogP contribution in [0.25, 0.3) is 6.08 Å². The molecule has 3 aliphatic heterocycles. The molecule has 0 aromatic heterocycles. The normalized spacial score (nSPS) is 21.5. The summed E-state index contributed by atoms with van der Waals surface area (Å²) >= 11 is 0. The lowest BCUT2D eigenvalue weighted by Crippen LogP contribution is -2.37. The maximum absolute atomic E-state index is 13.1. The monoisotopic (exact) mass is 421 g/mol. The molecule has 2 aromatic rings. The molecular weight excluding hydrogens is 394 g/mol. The summed E-state index contributed by atoms with van der Waals surface area (Å²) < 4.78 is 23.4. The molecule has 0 amide bonds. The van der Waals surface area contributed by atoms with Crippen molar-refractivity contribution in [2.45, 2.75) is 39.3 Å². The highest BCUT2D eigenvalue weighted by molar-refractivity contribution is 6.15. The summed E-state index contributed by atoms with van der Waals surface area (Å²) in [6.07, 6.45) is 4.24. The van der Waals surface area contributed by atoms with E-state index in [1.165, 1.54) is 0 Å².